The van der Waals surface area contributed by atoms with E-state index in [1.165, 1.54) is 24.0 Å². The first-order valence-corrected chi connectivity index (χ1v) is 5.80. The number of aryl methyl sites for hydroxylation is 1. The highest BCUT2D eigenvalue weighted by molar-refractivity contribution is 6.30. The van der Waals surface area contributed by atoms with Crippen LogP contribution in [0.2, 0.25) is 5.02 Å². The molecule has 0 aromatic heterocycles. The van der Waals surface area contributed by atoms with Gasteiger partial charge in [0.1, 0.15) is 0 Å². The summed E-state index contributed by atoms with van der Waals surface area (Å²) in [6.45, 7) is 6.36. The van der Waals surface area contributed by atoms with Gasteiger partial charge in [0.05, 0.1) is 0 Å². The van der Waals surface area contributed by atoms with Gasteiger partial charge in [0.25, 0.3) is 0 Å². The molecule has 0 atom stereocenters. The fraction of sp³-hybridized carbons (Fsp3) is 0.538. The van der Waals surface area contributed by atoms with Crippen molar-refractivity contribution in [2.75, 3.05) is 0 Å². The Hall–Kier alpha value is -0.530. The second-order valence-electron chi connectivity index (χ2n) is 5.26. The van der Waals surface area contributed by atoms with E-state index in [1.807, 2.05) is 12.1 Å². The molecule has 2 heteroatoms. The molecule has 1 saturated carbocycles. The van der Waals surface area contributed by atoms with Gasteiger partial charge in [-0.3, -0.25) is 0 Å². The summed E-state index contributed by atoms with van der Waals surface area (Å²) in [6.07, 6.45) is 2.39. The predicted molar refractivity (Wildman–Crippen MR) is 65.4 cm³/mol. The largest absolute Gasteiger partial charge is 0.325 e. The summed E-state index contributed by atoms with van der Waals surface area (Å²) in [5.41, 5.74) is 8.95. The third-order valence-electron chi connectivity index (χ3n) is 3.69. The number of benzene rings is 1. The lowest BCUT2D eigenvalue weighted by Gasteiger charge is -2.32. The molecule has 1 aliphatic rings. The molecule has 1 aliphatic carbocycles. The molecule has 0 spiro atoms. The summed E-state index contributed by atoms with van der Waals surface area (Å²) in [6, 6.07) is 6.14. The van der Waals surface area contributed by atoms with Crippen LogP contribution in [0.5, 0.6) is 0 Å². The van der Waals surface area contributed by atoms with Crippen molar-refractivity contribution in [2.24, 2.45) is 5.73 Å². The van der Waals surface area contributed by atoms with Crippen LogP contribution in [-0.2, 0) is 5.41 Å². The summed E-state index contributed by atoms with van der Waals surface area (Å²) in [5.74, 6) is 0. The van der Waals surface area contributed by atoms with Crippen molar-refractivity contribution < 1.29 is 0 Å². The van der Waals surface area contributed by atoms with E-state index in [1.54, 1.807) is 0 Å². The molecule has 0 saturated heterocycles. The summed E-state index contributed by atoms with van der Waals surface area (Å²) in [7, 11) is 0. The Morgan fingerprint density at radius 2 is 1.93 bits per heavy atom. The maximum Gasteiger partial charge on any atom is 0.0408 e. The van der Waals surface area contributed by atoms with Crippen LogP contribution >= 0.6 is 11.6 Å². The van der Waals surface area contributed by atoms with E-state index in [9.17, 15) is 0 Å². The van der Waals surface area contributed by atoms with E-state index in [2.05, 4.69) is 26.8 Å². The van der Waals surface area contributed by atoms with Crippen LogP contribution in [0.25, 0.3) is 0 Å². The highest BCUT2D eigenvalue weighted by Gasteiger charge is 2.54. The predicted octanol–water partition coefficient (Wildman–Crippen LogP) is 3.42. The number of hydrogen-bond acceptors (Lipinski definition) is 1. The third kappa shape index (κ3) is 1.68. The van der Waals surface area contributed by atoms with Gasteiger partial charge >= 0.3 is 0 Å². The lowest BCUT2D eigenvalue weighted by atomic mass is 9.77. The zero-order chi connectivity index (χ0) is 11.3. The minimum atomic E-state index is -0.147. The van der Waals surface area contributed by atoms with Crippen LogP contribution in [0, 0.1) is 6.92 Å². The molecule has 0 unspecified atom stereocenters. The van der Waals surface area contributed by atoms with Crippen molar-refractivity contribution >= 4 is 11.6 Å². The lowest BCUT2D eigenvalue weighted by molar-refractivity contribution is 0.390. The summed E-state index contributed by atoms with van der Waals surface area (Å²) >= 11 is 5.97. The smallest absolute Gasteiger partial charge is 0.0408 e. The van der Waals surface area contributed by atoms with Crippen molar-refractivity contribution in [1.29, 1.82) is 0 Å². The molecular weight excluding hydrogens is 206 g/mol. The van der Waals surface area contributed by atoms with Crippen LogP contribution in [-0.4, -0.2) is 5.54 Å². The highest BCUT2D eigenvalue weighted by Crippen LogP contribution is 2.55. The number of hydrogen-bond donors (Lipinski definition) is 1. The summed E-state index contributed by atoms with van der Waals surface area (Å²) in [4.78, 5) is 0. The third-order valence-corrected chi connectivity index (χ3v) is 3.92. The van der Waals surface area contributed by atoms with Gasteiger partial charge in [-0.25, -0.2) is 0 Å². The standard InChI is InChI=1S/C13H18ClN/c1-9-8-10(14)4-5-11(9)13(6-7-13)12(2,3)15/h4-5,8H,6-7,15H2,1-3H3. The van der Waals surface area contributed by atoms with Crippen LogP contribution in [0.3, 0.4) is 0 Å². The first-order chi connectivity index (χ1) is 6.87. The van der Waals surface area contributed by atoms with Gasteiger partial charge in [-0.2, -0.15) is 0 Å². The topological polar surface area (TPSA) is 26.0 Å². The molecule has 1 nitrogen and oxygen atoms in total. The number of halogens is 1. The van der Waals surface area contributed by atoms with Gasteiger partial charge < -0.3 is 5.73 Å². The van der Waals surface area contributed by atoms with Crippen molar-refractivity contribution in [2.45, 2.75) is 44.6 Å². The maximum absolute atomic E-state index is 6.28. The molecule has 1 aromatic carbocycles. The molecule has 15 heavy (non-hydrogen) atoms. The van der Waals surface area contributed by atoms with Crippen molar-refractivity contribution in [1.82, 2.24) is 0 Å². The minimum absolute atomic E-state index is 0.147. The van der Waals surface area contributed by atoms with Crippen molar-refractivity contribution in [3.8, 4) is 0 Å². The molecule has 0 radical (unpaired) electrons. The minimum Gasteiger partial charge on any atom is -0.325 e. The Bertz CT molecular complexity index is 386. The average Bonchev–Trinajstić information content (AvgIpc) is 2.83. The fourth-order valence-corrected chi connectivity index (χ4v) is 2.78. The molecule has 2 N–H and O–H groups in total. The molecule has 0 heterocycles. The fourth-order valence-electron chi connectivity index (χ4n) is 2.55. The lowest BCUT2D eigenvalue weighted by Crippen LogP contribution is -2.45. The van der Waals surface area contributed by atoms with Crippen LogP contribution in [0.1, 0.15) is 37.8 Å². The molecule has 1 aromatic rings. The molecule has 0 aliphatic heterocycles. The average molecular weight is 224 g/mol. The zero-order valence-electron chi connectivity index (χ0n) is 9.60. The first kappa shape index (κ1) is 11.0. The van der Waals surface area contributed by atoms with Gasteiger partial charge in [0.2, 0.25) is 0 Å². The van der Waals surface area contributed by atoms with Gasteiger partial charge in [-0.15, -0.1) is 0 Å². The summed E-state index contributed by atoms with van der Waals surface area (Å²) in [5, 5.41) is 0.807. The Morgan fingerprint density at radius 3 is 2.33 bits per heavy atom. The quantitative estimate of drug-likeness (QED) is 0.817. The zero-order valence-corrected chi connectivity index (χ0v) is 10.4. The van der Waals surface area contributed by atoms with E-state index >= 15 is 0 Å². The van der Waals surface area contributed by atoms with Gasteiger partial charge in [-0.05, 0) is 56.9 Å². The second kappa shape index (κ2) is 3.23. The molecule has 1 fully saturated rings. The normalized spacial score (nSPS) is 19.0. The van der Waals surface area contributed by atoms with Crippen LogP contribution in [0.15, 0.2) is 18.2 Å². The summed E-state index contributed by atoms with van der Waals surface area (Å²) < 4.78 is 0. The number of rotatable bonds is 2. The Morgan fingerprint density at radius 1 is 1.33 bits per heavy atom. The highest BCUT2D eigenvalue weighted by atomic mass is 35.5. The van der Waals surface area contributed by atoms with E-state index in [-0.39, 0.29) is 11.0 Å². The van der Waals surface area contributed by atoms with Crippen LogP contribution < -0.4 is 5.73 Å². The number of nitrogens with two attached hydrogens (primary N) is 1. The first-order valence-electron chi connectivity index (χ1n) is 5.42. The van der Waals surface area contributed by atoms with Gasteiger partial charge in [0, 0.05) is 16.0 Å². The van der Waals surface area contributed by atoms with E-state index in [4.69, 9.17) is 17.3 Å². The Labute approximate surface area is 96.6 Å². The molecule has 2 rings (SSSR count). The Kier molecular flexibility index (Phi) is 2.36. The molecule has 0 bridgehead atoms. The van der Waals surface area contributed by atoms with Crippen molar-refractivity contribution in [3.63, 3.8) is 0 Å². The van der Waals surface area contributed by atoms with Gasteiger partial charge in [0.15, 0.2) is 0 Å². The Balaban J connectivity index is 2.47. The van der Waals surface area contributed by atoms with E-state index < -0.39 is 0 Å². The molecule has 82 valence electrons. The monoisotopic (exact) mass is 223 g/mol. The molecule has 0 amide bonds. The second-order valence-corrected chi connectivity index (χ2v) is 5.70. The maximum atomic E-state index is 6.28. The van der Waals surface area contributed by atoms with E-state index in [0.29, 0.717) is 0 Å². The molecular formula is C13H18ClN. The SMILES string of the molecule is Cc1cc(Cl)ccc1C1(C(C)(C)N)CC1. The van der Waals surface area contributed by atoms with E-state index in [0.717, 1.165) is 5.02 Å². The van der Waals surface area contributed by atoms with Gasteiger partial charge in [-0.1, -0.05) is 17.7 Å². The van der Waals surface area contributed by atoms with Crippen LogP contribution in [0.4, 0.5) is 0 Å². The van der Waals surface area contributed by atoms with Crippen molar-refractivity contribution in [3.05, 3.63) is 34.3 Å².